The summed E-state index contributed by atoms with van der Waals surface area (Å²) < 4.78 is 0.571. The molecule has 1 rings (SSSR count). The van der Waals surface area contributed by atoms with Gasteiger partial charge in [-0.3, -0.25) is 14.9 Å². The molecule has 104 valence electrons. The van der Waals surface area contributed by atoms with Crippen molar-refractivity contribution in [3.8, 4) is 0 Å². The fraction of sp³-hybridized carbons (Fsp3) is 0.417. The van der Waals surface area contributed by atoms with Gasteiger partial charge in [0, 0.05) is 10.5 Å². The quantitative estimate of drug-likeness (QED) is 0.640. The lowest BCUT2D eigenvalue weighted by Gasteiger charge is -2.25. The van der Waals surface area contributed by atoms with Crippen LogP contribution in [0.15, 0.2) is 22.7 Å². The van der Waals surface area contributed by atoms with Crippen molar-refractivity contribution in [3.05, 3.63) is 32.8 Å². The first kappa shape index (κ1) is 15.6. The van der Waals surface area contributed by atoms with Crippen molar-refractivity contribution in [1.82, 2.24) is 0 Å². The van der Waals surface area contributed by atoms with Gasteiger partial charge in [-0.25, -0.2) is 0 Å². The number of rotatable bonds is 5. The predicted octanol–water partition coefficient (Wildman–Crippen LogP) is 2.81. The molecule has 7 heteroatoms. The second-order valence-electron chi connectivity index (χ2n) is 4.24. The third kappa shape index (κ3) is 3.51. The number of benzene rings is 1. The van der Waals surface area contributed by atoms with E-state index in [4.69, 9.17) is 5.73 Å². The van der Waals surface area contributed by atoms with Gasteiger partial charge in [0.1, 0.15) is 5.69 Å². The van der Waals surface area contributed by atoms with E-state index in [0.717, 1.165) is 0 Å². The van der Waals surface area contributed by atoms with Gasteiger partial charge in [0.2, 0.25) is 5.91 Å². The Labute approximate surface area is 119 Å². The van der Waals surface area contributed by atoms with Crippen LogP contribution in [-0.4, -0.2) is 16.4 Å². The molecule has 0 fully saturated rings. The highest BCUT2D eigenvalue weighted by Gasteiger charge is 2.31. The van der Waals surface area contributed by atoms with E-state index in [1.54, 1.807) is 19.9 Å². The fourth-order valence-electron chi connectivity index (χ4n) is 1.58. The minimum absolute atomic E-state index is 0.148. The molecule has 0 radical (unpaired) electrons. The molecule has 6 nitrogen and oxygen atoms in total. The molecule has 0 aliphatic carbocycles. The van der Waals surface area contributed by atoms with E-state index >= 15 is 0 Å². The minimum atomic E-state index is -1.01. The molecule has 0 atom stereocenters. The summed E-state index contributed by atoms with van der Waals surface area (Å²) in [6.45, 7) is 3.61. The van der Waals surface area contributed by atoms with E-state index in [1.165, 1.54) is 12.1 Å². The summed E-state index contributed by atoms with van der Waals surface area (Å²) in [5.74, 6) is -0.414. The van der Waals surface area contributed by atoms with Crippen LogP contribution in [0.25, 0.3) is 0 Å². The van der Waals surface area contributed by atoms with E-state index in [9.17, 15) is 14.9 Å². The molecule has 0 saturated heterocycles. The van der Waals surface area contributed by atoms with Crippen LogP contribution in [0.2, 0.25) is 0 Å². The second-order valence-corrected chi connectivity index (χ2v) is 5.15. The second kappa shape index (κ2) is 6.12. The molecule has 0 aliphatic heterocycles. The SMILES string of the molecule is CCC(N)(CC)C(=O)Nc1ccc(Br)cc1[N+](=O)[O-]. The third-order valence-corrected chi connectivity index (χ3v) is 3.61. The number of hydrogen-bond acceptors (Lipinski definition) is 4. The van der Waals surface area contributed by atoms with Gasteiger partial charge >= 0.3 is 0 Å². The Morgan fingerprint density at radius 1 is 1.47 bits per heavy atom. The standard InChI is InChI=1S/C12H16BrN3O3/c1-3-12(14,4-2)11(17)15-9-6-5-8(13)7-10(9)16(18)19/h5-7H,3-4,14H2,1-2H3,(H,15,17). The van der Waals surface area contributed by atoms with Crippen molar-refractivity contribution in [2.24, 2.45) is 5.73 Å². The summed E-state index contributed by atoms with van der Waals surface area (Å²) in [4.78, 5) is 22.5. The molecule has 1 aromatic carbocycles. The van der Waals surface area contributed by atoms with Gasteiger partial charge in [-0.2, -0.15) is 0 Å². The van der Waals surface area contributed by atoms with Gasteiger partial charge in [-0.1, -0.05) is 29.8 Å². The Hall–Kier alpha value is -1.47. The summed E-state index contributed by atoms with van der Waals surface area (Å²) in [7, 11) is 0. The van der Waals surface area contributed by atoms with Crippen molar-refractivity contribution in [2.45, 2.75) is 32.2 Å². The highest BCUT2D eigenvalue weighted by molar-refractivity contribution is 9.10. The van der Waals surface area contributed by atoms with Gasteiger partial charge in [0.15, 0.2) is 0 Å². The van der Waals surface area contributed by atoms with Crippen LogP contribution in [0.4, 0.5) is 11.4 Å². The normalized spacial score (nSPS) is 11.2. The Balaban J connectivity index is 3.06. The lowest BCUT2D eigenvalue weighted by molar-refractivity contribution is -0.384. The summed E-state index contributed by atoms with van der Waals surface area (Å²) in [6.07, 6.45) is 0.916. The highest BCUT2D eigenvalue weighted by atomic mass is 79.9. The number of carbonyl (C=O) groups is 1. The van der Waals surface area contributed by atoms with E-state index in [-0.39, 0.29) is 11.4 Å². The molecule has 3 N–H and O–H groups in total. The minimum Gasteiger partial charge on any atom is -0.319 e. The van der Waals surface area contributed by atoms with Crippen LogP contribution >= 0.6 is 15.9 Å². The number of nitrogens with zero attached hydrogens (tertiary/aromatic N) is 1. The maximum absolute atomic E-state index is 12.1. The Morgan fingerprint density at radius 3 is 2.53 bits per heavy atom. The van der Waals surface area contributed by atoms with E-state index in [1.807, 2.05) is 0 Å². The van der Waals surface area contributed by atoms with Crippen LogP contribution in [0.3, 0.4) is 0 Å². The molecule has 0 spiro atoms. The smallest absolute Gasteiger partial charge is 0.293 e. The maximum Gasteiger partial charge on any atom is 0.293 e. The number of carbonyl (C=O) groups excluding carboxylic acids is 1. The molecule has 1 aromatic rings. The lowest BCUT2D eigenvalue weighted by Crippen LogP contribution is -2.50. The Kier molecular flexibility index (Phi) is 5.02. The summed E-state index contributed by atoms with van der Waals surface area (Å²) in [5, 5.41) is 13.5. The topological polar surface area (TPSA) is 98.3 Å². The molecule has 0 saturated carbocycles. The van der Waals surface area contributed by atoms with Crippen molar-refractivity contribution < 1.29 is 9.72 Å². The molecule has 0 bridgehead atoms. The zero-order chi connectivity index (χ0) is 14.6. The zero-order valence-corrected chi connectivity index (χ0v) is 12.4. The first-order valence-corrected chi connectivity index (χ1v) is 6.67. The lowest BCUT2D eigenvalue weighted by atomic mass is 9.93. The maximum atomic E-state index is 12.1. The van der Waals surface area contributed by atoms with Crippen molar-refractivity contribution in [3.63, 3.8) is 0 Å². The van der Waals surface area contributed by atoms with E-state index < -0.39 is 16.4 Å². The van der Waals surface area contributed by atoms with Gasteiger partial charge in [-0.05, 0) is 25.0 Å². The van der Waals surface area contributed by atoms with Crippen LogP contribution in [0.5, 0.6) is 0 Å². The zero-order valence-electron chi connectivity index (χ0n) is 10.8. The average molecular weight is 330 g/mol. The number of nitro benzene ring substituents is 1. The number of amides is 1. The first-order valence-electron chi connectivity index (χ1n) is 5.88. The van der Waals surface area contributed by atoms with Gasteiger partial charge in [0.25, 0.3) is 5.69 Å². The molecule has 0 unspecified atom stereocenters. The highest BCUT2D eigenvalue weighted by Crippen LogP contribution is 2.29. The van der Waals surface area contributed by atoms with E-state index in [0.29, 0.717) is 17.3 Å². The number of hydrogen-bond donors (Lipinski definition) is 2. The predicted molar refractivity (Wildman–Crippen MR) is 76.9 cm³/mol. The number of nitrogens with one attached hydrogen (secondary N) is 1. The molecule has 0 heterocycles. The number of halogens is 1. The molecule has 0 aliphatic rings. The Morgan fingerprint density at radius 2 is 2.05 bits per heavy atom. The number of nitro groups is 1. The Bertz CT molecular complexity index is 501. The number of anilines is 1. The largest absolute Gasteiger partial charge is 0.319 e. The molecular formula is C12H16BrN3O3. The van der Waals surface area contributed by atoms with Crippen molar-refractivity contribution in [1.29, 1.82) is 0 Å². The molecule has 1 amide bonds. The van der Waals surface area contributed by atoms with Gasteiger partial charge < -0.3 is 11.1 Å². The molecule has 0 aromatic heterocycles. The molecule has 19 heavy (non-hydrogen) atoms. The van der Waals surface area contributed by atoms with Crippen LogP contribution < -0.4 is 11.1 Å². The van der Waals surface area contributed by atoms with Gasteiger partial charge in [-0.15, -0.1) is 0 Å². The van der Waals surface area contributed by atoms with Crippen molar-refractivity contribution in [2.75, 3.05) is 5.32 Å². The molecular weight excluding hydrogens is 314 g/mol. The number of nitrogens with two attached hydrogens (primary N) is 1. The van der Waals surface area contributed by atoms with Gasteiger partial charge in [0.05, 0.1) is 10.5 Å². The average Bonchev–Trinajstić information content (AvgIpc) is 2.39. The van der Waals surface area contributed by atoms with E-state index in [2.05, 4.69) is 21.2 Å². The summed E-state index contributed by atoms with van der Waals surface area (Å²) in [5.41, 5.74) is 4.92. The monoisotopic (exact) mass is 329 g/mol. The van der Waals surface area contributed by atoms with Crippen LogP contribution in [0, 0.1) is 10.1 Å². The third-order valence-electron chi connectivity index (χ3n) is 3.12. The van der Waals surface area contributed by atoms with Crippen molar-refractivity contribution >= 4 is 33.2 Å². The van der Waals surface area contributed by atoms with Crippen LogP contribution in [0.1, 0.15) is 26.7 Å². The summed E-state index contributed by atoms with van der Waals surface area (Å²) in [6, 6.07) is 4.44. The fourth-order valence-corrected chi connectivity index (χ4v) is 1.93. The first-order chi connectivity index (χ1) is 8.84. The summed E-state index contributed by atoms with van der Waals surface area (Å²) >= 11 is 3.16. The van der Waals surface area contributed by atoms with Crippen LogP contribution in [-0.2, 0) is 4.79 Å².